The number of hydrogen-bond donors (Lipinski definition) is 2. The SMILES string of the molecule is C[C@@H](Nc1c(Nc2ccnc(-c3cccnc3)c2)c(=O)c1=O)c1ccccc1. The van der Waals surface area contributed by atoms with Crippen LogP contribution in [0.5, 0.6) is 0 Å². The van der Waals surface area contributed by atoms with Gasteiger partial charge in [0.05, 0.1) is 5.69 Å². The van der Waals surface area contributed by atoms with Gasteiger partial charge in [-0.1, -0.05) is 30.3 Å². The lowest BCUT2D eigenvalue weighted by Gasteiger charge is -2.20. The molecule has 0 aliphatic carbocycles. The summed E-state index contributed by atoms with van der Waals surface area (Å²) in [4.78, 5) is 32.6. The largest absolute Gasteiger partial charge is 0.373 e. The highest BCUT2D eigenvalue weighted by molar-refractivity contribution is 5.80. The topological polar surface area (TPSA) is 84.0 Å². The number of rotatable bonds is 6. The molecule has 0 unspecified atom stereocenters. The minimum absolute atomic E-state index is 0.103. The van der Waals surface area contributed by atoms with Gasteiger partial charge in [0, 0.05) is 35.9 Å². The first-order valence-electron chi connectivity index (χ1n) is 8.92. The average molecular weight is 370 g/mol. The van der Waals surface area contributed by atoms with Crippen LogP contribution in [-0.4, -0.2) is 9.97 Å². The van der Waals surface area contributed by atoms with E-state index in [-0.39, 0.29) is 11.7 Å². The number of aromatic nitrogens is 2. The first kappa shape index (κ1) is 17.6. The third-order valence-corrected chi connectivity index (χ3v) is 4.56. The van der Waals surface area contributed by atoms with E-state index in [0.29, 0.717) is 11.4 Å². The van der Waals surface area contributed by atoms with E-state index in [1.165, 1.54) is 0 Å². The molecule has 6 nitrogen and oxygen atoms in total. The molecule has 0 fully saturated rings. The Morgan fingerprint density at radius 3 is 2.43 bits per heavy atom. The zero-order chi connectivity index (χ0) is 19.5. The van der Waals surface area contributed by atoms with Crippen molar-refractivity contribution in [3.8, 4) is 11.3 Å². The van der Waals surface area contributed by atoms with E-state index in [2.05, 4.69) is 20.6 Å². The molecule has 4 rings (SSSR count). The van der Waals surface area contributed by atoms with Gasteiger partial charge in [-0.15, -0.1) is 0 Å². The van der Waals surface area contributed by atoms with Crippen LogP contribution in [0, 0.1) is 0 Å². The molecule has 0 bridgehead atoms. The lowest BCUT2D eigenvalue weighted by Crippen LogP contribution is -2.37. The monoisotopic (exact) mass is 370 g/mol. The molecule has 2 aromatic heterocycles. The molecule has 2 heterocycles. The Kier molecular flexibility index (Phi) is 4.68. The Balaban J connectivity index is 1.58. The van der Waals surface area contributed by atoms with E-state index in [4.69, 9.17) is 0 Å². The second-order valence-corrected chi connectivity index (χ2v) is 6.48. The normalized spacial score (nSPS) is 11.9. The van der Waals surface area contributed by atoms with Crippen LogP contribution in [0.1, 0.15) is 18.5 Å². The lowest BCUT2D eigenvalue weighted by molar-refractivity contribution is 0.880. The minimum Gasteiger partial charge on any atom is -0.373 e. The highest BCUT2D eigenvalue weighted by Crippen LogP contribution is 2.26. The third-order valence-electron chi connectivity index (χ3n) is 4.56. The van der Waals surface area contributed by atoms with Crippen LogP contribution in [0.3, 0.4) is 0 Å². The maximum Gasteiger partial charge on any atom is 0.253 e. The first-order valence-corrected chi connectivity index (χ1v) is 8.92. The van der Waals surface area contributed by atoms with Crippen LogP contribution < -0.4 is 21.5 Å². The van der Waals surface area contributed by atoms with Crippen molar-refractivity contribution in [1.29, 1.82) is 0 Å². The number of benzene rings is 1. The van der Waals surface area contributed by atoms with Crippen molar-refractivity contribution in [3.63, 3.8) is 0 Å². The fraction of sp³-hybridized carbons (Fsp3) is 0.0909. The van der Waals surface area contributed by atoms with Crippen LogP contribution in [0.15, 0.2) is 82.8 Å². The molecule has 0 aliphatic rings. The lowest BCUT2D eigenvalue weighted by atomic mass is 10.1. The summed E-state index contributed by atoms with van der Waals surface area (Å²) < 4.78 is 0. The van der Waals surface area contributed by atoms with Crippen molar-refractivity contribution in [2.75, 3.05) is 10.6 Å². The van der Waals surface area contributed by atoms with Crippen LogP contribution in [-0.2, 0) is 0 Å². The zero-order valence-electron chi connectivity index (χ0n) is 15.2. The van der Waals surface area contributed by atoms with Crippen molar-refractivity contribution in [3.05, 3.63) is 99.2 Å². The van der Waals surface area contributed by atoms with Gasteiger partial charge in [-0.05, 0) is 36.8 Å². The van der Waals surface area contributed by atoms with E-state index in [1.807, 2.05) is 55.5 Å². The van der Waals surface area contributed by atoms with Gasteiger partial charge in [0.15, 0.2) is 0 Å². The zero-order valence-corrected chi connectivity index (χ0v) is 15.2. The number of anilines is 3. The molecule has 28 heavy (non-hydrogen) atoms. The summed E-state index contributed by atoms with van der Waals surface area (Å²) in [7, 11) is 0. The highest BCUT2D eigenvalue weighted by atomic mass is 16.2. The minimum atomic E-state index is -0.525. The van der Waals surface area contributed by atoms with E-state index in [9.17, 15) is 9.59 Å². The number of nitrogens with zero attached hydrogens (tertiary/aromatic N) is 2. The predicted molar refractivity (Wildman–Crippen MR) is 111 cm³/mol. The molecule has 6 heteroatoms. The summed E-state index contributed by atoms with van der Waals surface area (Å²) in [6.45, 7) is 1.95. The van der Waals surface area contributed by atoms with Crippen molar-refractivity contribution in [2.45, 2.75) is 13.0 Å². The summed E-state index contributed by atoms with van der Waals surface area (Å²) in [6, 6.07) is 17.0. The van der Waals surface area contributed by atoms with E-state index < -0.39 is 10.9 Å². The standard InChI is InChI=1S/C22H18N4O2/c1-14(15-6-3-2-4-7-15)25-19-20(22(28)21(19)27)26-17-9-11-24-18(12-17)16-8-5-10-23-13-16/h2-14,25H,1H3,(H,24,26)/t14-/m1/s1. The van der Waals surface area contributed by atoms with Crippen molar-refractivity contribution < 1.29 is 0 Å². The number of pyridine rings is 2. The summed E-state index contributed by atoms with van der Waals surface area (Å²) in [5.41, 5.74) is 2.85. The second kappa shape index (κ2) is 7.44. The van der Waals surface area contributed by atoms with Crippen LogP contribution >= 0.6 is 0 Å². The average Bonchev–Trinajstić information content (AvgIpc) is 2.77. The molecule has 0 spiro atoms. The van der Waals surface area contributed by atoms with Gasteiger partial charge in [-0.2, -0.15) is 0 Å². The molecule has 2 N–H and O–H groups in total. The fourth-order valence-corrected chi connectivity index (χ4v) is 3.01. The van der Waals surface area contributed by atoms with Crippen LogP contribution in [0.2, 0.25) is 0 Å². The van der Waals surface area contributed by atoms with Gasteiger partial charge in [0.2, 0.25) is 0 Å². The highest BCUT2D eigenvalue weighted by Gasteiger charge is 2.23. The van der Waals surface area contributed by atoms with Crippen LogP contribution in [0.25, 0.3) is 11.3 Å². The molecule has 1 atom stereocenters. The molecule has 2 aromatic carbocycles. The van der Waals surface area contributed by atoms with Crippen molar-refractivity contribution in [2.24, 2.45) is 0 Å². The fourth-order valence-electron chi connectivity index (χ4n) is 3.01. The maximum absolute atomic E-state index is 12.1. The second-order valence-electron chi connectivity index (χ2n) is 6.48. The molecular weight excluding hydrogens is 352 g/mol. The Hall–Kier alpha value is -3.80. The van der Waals surface area contributed by atoms with Gasteiger partial charge in [0.25, 0.3) is 10.9 Å². The molecular formula is C22H18N4O2. The molecule has 138 valence electrons. The third kappa shape index (κ3) is 3.40. The Bertz CT molecular complexity index is 1170. The summed E-state index contributed by atoms with van der Waals surface area (Å²) >= 11 is 0. The predicted octanol–water partition coefficient (Wildman–Crippen LogP) is 3.66. The smallest absolute Gasteiger partial charge is 0.253 e. The Morgan fingerprint density at radius 1 is 0.893 bits per heavy atom. The van der Waals surface area contributed by atoms with Gasteiger partial charge in [0.1, 0.15) is 11.4 Å². The van der Waals surface area contributed by atoms with Gasteiger partial charge >= 0.3 is 0 Å². The number of nitrogens with one attached hydrogen (secondary N) is 2. The Morgan fingerprint density at radius 2 is 1.68 bits per heavy atom. The summed E-state index contributed by atoms with van der Waals surface area (Å²) in [6.07, 6.45) is 5.06. The Labute approximate surface area is 161 Å². The van der Waals surface area contributed by atoms with Gasteiger partial charge in [-0.3, -0.25) is 19.6 Å². The van der Waals surface area contributed by atoms with Gasteiger partial charge < -0.3 is 10.6 Å². The molecule has 0 radical (unpaired) electrons. The van der Waals surface area contributed by atoms with E-state index in [1.54, 1.807) is 24.7 Å². The quantitative estimate of drug-likeness (QED) is 0.504. The van der Waals surface area contributed by atoms with Crippen LogP contribution in [0.4, 0.5) is 17.1 Å². The van der Waals surface area contributed by atoms with E-state index >= 15 is 0 Å². The summed E-state index contributed by atoms with van der Waals surface area (Å²) in [5, 5.41) is 6.21. The molecule has 0 saturated carbocycles. The number of hydrogen-bond acceptors (Lipinski definition) is 6. The van der Waals surface area contributed by atoms with E-state index in [0.717, 1.165) is 16.8 Å². The molecule has 4 aromatic rings. The summed E-state index contributed by atoms with van der Waals surface area (Å²) in [5.74, 6) is 0. The van der Waals surface area contributed by atoms with Crippen molar-refractivity contribution in [1.82, 2.24) is 9.97 Å². The molecule has 0 saturated heterocycles. The van der Waals surface area contributed by atoms with Gasteiger partial charge in [-0.25, -0.2) is 0 Å². The molecule has 0 amide bonds. The first-order chi connectivity index (χ1) is 13.6. The maximum atomic E-state index is 12.1. The van der Waals surface area contributed by atoms with Crippen molar-refractivity contribution >= 4 is 17.1 Å². The molecule has 0 aliphatic heterocycles.